The number of carbonyl (C=O) groups is 1. The van der Waals surface area contributed by atoms with E-state index in [0.717, 1.165) is 21.9 Å². The highest BCUT2D eigenvalue weighted by Crippen LogP contribution is 2.33. The zero-order valence-electron chi connectivity index (χ0n) is 16.1. The molecule has 0 aliphatic rings. The number of methoxy groups -OCH3 is 2. The Morgan fingerprint density at radius 3 is 2.61 bits per heavy atom. The SMILES string of the molecule is COc1cc2cc(C(=O)NCCn3cnc4ccccc43)n(C)c2cc1OC. The van der Waals surface area contributed by atoms with Crippen LogP contribution in [-0.2, 0) is 13.6 Å². The normalized spacial score (nSPS) is 11.1. The molecule has 0 unspecified atom stereocenters. The minimum absolute atomic E-state index is 0.124. The molecule has 0 radical (unpaired) electrons. The van der Waals surface area contributed by atoms with E-state index < -0.39 is 0 Å². The van der Waals surface area contributed by atoms with Crippen molar-refractivity contribution in [3.05, 3.63) is 54.5 Å². The largest absolute Gasteiger partial charge is 0.493 e. The van der Waals surface area contributed by atoms with Gasteiger partial charge in [-0.05, 0) is 24.3 Å². The molecule has 2 aromatic carbocycles. The molecule has 4 aromatic rings. The number of amides is 1. The smallest absolute Gasteiger partial charge is 0.267 e. The maximum Gasteiger partial charge on any atom is 0.267 e. The Kier molecular flexibility index (Phi) is 4.65. The summed E-state index contributed by atoms with van der Waals surface area (Å²) in [7, 11) is 5.06. The Morgan fingerprint density at radius 1 is 1.07 bits per heavy atom. The fraction of sp³-hybridized carbons (Fsp3) is 0.238. The van der Waals surface area contributed by atoms with Crippen molar-refractivity contribution < 1.29 is 14.3 Å². The van der Waals surface area contributed by atoms with Crippen molar-refractivity contribution >= 4 is 27.8 Å². The van der Waals surface area contributed by atoms with E-state index in [0.29, 0.717) is 30.3 Å². The summed E-state index contributed by atoms with van der Waals surface area (Å²) in [4.78, 5) is 17.1. The number of rotatable bonds is 6. The van der Waals surface area contributed by atoms with E-state index in [1.54, 1.807) is 20.5 Å². The van der Waals surface area contributed by atoms with E-state index in [2.05, 4.69) is 10.3 Å². The van der Waals surface area contributed by atoms with E-state index in [-0.39, 0.29) is 5.91 Å². The van der Waals surface area contributed by atoms with Crippen LogP contribution in [0.15, 0.2) is 48.8 Å². The van der Waals surface area contributed by atoms with Crippen molar-refractivity contribution in [1.29, 1.82) is 0 Å². The minimum atomic E-state index is -0.124. The van der Waals surface area contributed by atoms with Gasteiger partial charge in [0.15, 0.2) is 11.5 Å². The number of benzene rings is 2. The number of aromatic nitrogens is 3. The Balaban J connectivity index is 1.51. The molecule has 7 nitrogen and oxygen atoms in total. The summed E-state index contributed by atoms with van der Waals surface area (Å²) in [5.74, 6) is 1.15. The van der Waals surface area contributed by atoms with Gasteiger partial charge < -0.3 is 23.9 Å². The lowest BCUT2D eigenvalue weighted by atomic mass is 10.2. The van der Waals surface area contributed by atoms with Crippen LogP contribution >= 0.6 is 0 Å². The first-order chi connectivity index (χ1) is 13.6. The van der Waals surface area contributed by atoms with Gasteiger partial charge in [-0.25, -0.2) is 4.98 Å². The van der Waals surface area contributed by atoms with E-state index in [9.17, 15) is 4.79 Å². The zero-order valence-corrected chi connectivity index (χ0v) is 16.1. The van der Waals surface area contributed by atoms with Crippen molar-refractivity contribution in [1.82, 2.24) is 19.4 Å². The topological polar surface area (TPSA) is 70.3 Å². The fourth-order valence-corrected chi connectivity index (χ4v) is 3.45. The van der Waals surface area contributed by atoms with Crippen LogP contribution in [0.1, 0.15) is 10.5 Å². The van der Waals surface area contributed by atoms with Crippen LogP contribution < -0.4 is 14.8 Å². The monoisotopic (exact) mass is 378 g/mol. The van der Waals surface area contributed by atoms with Gasteiger partial charge in [-0.15, -0.1) is 0 Å². The highest BCUT2D eigenvalue weighted by molar-refractivity contribution is 5.99. The molecule has 1 N–H and O–H groups in total. The summed E-state index contributed by atoms with van der Waals surface area (Å²) in [6.45, 7) is 1.16. The lowest BCUT2D eigenvalue weighted by Crippen LogP contribution is -2.28. The van der Waals surface area contributed by atoms with E-state index >= 15 is 0 Å². The molecule has 28 heavy (non-hydrogen) atoms. The van der Waals surface area contributed by atoms with E-state index in [4.69, 9.17) is 9.47 Å². The molecule has 0 aliphatic carbocycles. The lowest BCUT2D eigenvalue weighted by Gasteiger charge is -2.09. The van der Waals surface area contributed by atoms with Crippen LogP contribution in [0.25, 0.3) is 21.9 Å². The first-order valence-corrected chi connectivity index (χ1v) is 9.02. The lowest BCUT2D eigenvalue weighted by molar-refractivity contribution is 0.0944. The van der Waals surface area contributed by atoms with Gasteiger partial charge in [-0.1, -0.05) is 12.1 Å². The molecule has 0 fully saturated rings. The summed E-state index contributed by atoms with van der Waals surface area (Å²) < 4.78 is 14.6. The van der Waals surface area contributed by atoms with Crippen molar-refractivity contribution in [2.75, 3.05) is 20.8 Å². The Morgan fingerprint density at radius 2 is 1.82 bits per heavy atom. The maximum atomic E-state index is 12.7. The number of nitrogens with zero attached hydrogens (tertiary/aromatic N) is 3. The number of nitrogens with one attached hydrogen (secondary N) is 1. The second-order valence-corrected chi connectivity index (χ2v) is 6.54. The van der Waals surface area contributed by atoms with Crippen LogP contribution in [0.5, 0.6) is 11.5 Å². The van der Waals surface area contributed by atoms with Gasteiger partial charge in [-0.2, -0.15) is 0 Å². The predicted molar refractivity (Wildman–Crippen MR) is 108 cm³/mol. The third-order valence-electron chi connectivity index (χ3n) is 4.95. The Bertz CT molecular complexity index is 1160. The quantitative estimate of drug-likeness (QED) is 0.560. The van der Waals surface area contributed by atoms with Gasteiger partial charge in [0.25, 0.3) is 5.91 Å². The van der Waals surface area contributed by atoms with Crippen LogP contribution in [0.4, 0.5) is 0 Å². The molecule has 1 amide bonds. The van der Waals surface area contributed by atoms with Crippen LogP contribution in [0, 0.1) is 0 Å². The second kappa shape index (κ2) is 7.26. The van der Waals surface area contributed by atoms with Crippen molar-refractivity contribution in [3.8, 4) is 11.5 Å². The predicted octanol–water partition coefficient (Wildman–Crippen LogP) is 2.98. The number of imidazole rings is 1. The number of hydrogen-bond donors (Lipinski definition) is 1. The molecule has 0 saturated carbocycles. The van der Waals surface area contributed by atoms with Gasteiger partial charge in [0.2, 0.25) is 0 Å². The van der Waals surface area contributed by atoms with Crippen molar-refractivity contribution in [2.45, 2.75) is 6.54 Å². The standard InChI is InChI=1S/C21H22N4O3/c1-24-17-12-20(28-3)19(27-2)11-14(17)10-18(24)21(26)22-8-9-25-13-23-15-6-4-5-7-16(15)25/h4-7,10-13H,8-9H2,1-3H3,(H,22,26). The Labute approximate surface area is 162 Å². The van der Waals surface area contributed by atoms with Crippen molar-refractivity contribution in [2.24, 2.45) is 7.05 Å². The average Bonchev–Trinajstić information content (AvgIpc) is 3.28. The van der Waals surface area contributed by atoms with E-state index in [1.807, 2.05) is 58.6 Å². The summed E-state index contributed by atoms with van der Waals surface area (Å²) in [6, 6.07) is 13.6. The molecule has 2 heterocycles. The molecule has 7 heteroatoms. The first-order valence-electron chi connectivity index (χ1n) is 9.02. The second-order valence-electron chi connectivity index (χ2n) is 6.54. The number of aryl methyl sites for hydroxylation is 1. The van der Waals surface area contributed by atoms with Gasteiger partial charge in [0, 0.05) is 31.6 Å². The molecular weight excluding hydrogens is 356 g/mol. The number of para-hydroxylation sites is 2. The number of carbonyl (C=O) groups excluding carboxylic acids is 1. The number of ether oxygens (including phenoxy) is 2. The molecule has 0 atom stereocenters. The molecule has 0 spiro atoms. The average molecular weight is 378 g/mol. The molecular formula is C21H22N4O3. The molecule has 0 bridgehead atoms. The summed E-state index contributed by atoms with van der Waals surface area (Å²) in [5.41, 5.74) is 3.50. The minimum Gasteiger partial charge on any atom is -0.493 e. The van der Waals surface area contributed by atoms with Gasteiger partial charge in [0.05, 0.1) is 37.1 Å². The highest BCUT2D eigenvalue weighted by atomic mass is 16.5. The van der Waals surface area contributed by atoms with E-state index in [1.165, 1.54) is 0 Å². The van der Waals surface area contributed by atoms with Crippen LogP contribution in [0.3, 0.4) is 0 Å². The summed E-state index contributed by atoms with van der Waals surface area (Å²) in [6.07, 6.45) is 1.80. The third-order valence-corrected chi connectivity index (χ3v) is 4.95. The molecule has 0 aliphatic heterocycles. The number of fused-ring (bicyclic) bond motifs is 2. The molecule has 0 saturated heterocycles. The van der Waals surface area contributed by atoms with Gasteiger partial charge >= 0.3 is 0 Å². The number of hydrogen-bond acceptors (Lipinski definition) is 4. The van der Waals surface area contributed by atoms with Crippen LogP contribution in [-0.4, -0.2) is 40.8 Å². The zero-order chi connectivity index (χ0) is 19.7. The first kappa shape index (κ1) is 17.9. The molecule has 4 rings (SSSR count). The molecule has 2 aromatic heterocycles. The fourth-order valence-electron chi connectivity index (χ4n) is 3.45. The third kappa shape index (κ3) is 3.05. The maximum absolute atomic E-state index is 12.7. The van der Waals surface area contributed by atoms with Crippen molar-refractivity contribution in [3.63, 3.8) is 0 Å². The molecule has 144 valence electrons. The van der Waals surface area contributed by atoms with Crippen LogP contribution in [0.2, 0.25) is 0 Å². The highest BCUT2D eigenvalue weighted by Gasteiger charge is 2.16. The summed E-state index contributed by atoms with van der Waals surface area (Å²) >= 11 is 0. The Hall–Kier alpha value is -3.48. The van der Waals surface area contributed by atoms with Gasteiger partial charge in [-0.3, -0.25) is 4.79 Å². The van der Waals surface area contributed by atoms with Gasteiger partial charge in [0.1, 0.15) is 5.69 Å². The summed E-state index contributed by atoms with van der Waals surface area (Å²) in [5, 5.41) is 3.91.